The molecule has 0 amide bonds. The Kier molecular flexibility index (Phi) is 5.32. The van der Waals surface area contributed by atoms with Crippen LogP contribution in [0.4, 0.5) is 0 Å². The molecule has 0 aliphatic carbocycles. The first-order valence-corrected chi connectivity index (χ1v) is 3.99. The summed E-state index contributed by atoms with van der Waals surface area (Å²) in [5, 5.41) is 9.26. The van der Waals surface area contributed by atoms with Crippen molar-refractivity contribution in [1.29, 1.82) is 0 Å². The largest absolute Gasteiger partial charge is 0.393 e. The minimum absolute atomic E-state index is 0.110. The quantitative estimate of drug-likeness (QED) is 0.585. The van der Waals surface area contributed by atoms with Crippen LogP contribution >= 0.6 is 0 Å². The Morgan fingerprint density at radius 2 is 2.10 bits per heavy atom. The predicted molar refractivity (Wildman–Crippen MR) is 45.0 cm³/mol. The second kappa shape index (κ2) is 5.48. The molecule has 1 heteroatoms. The number of hydrogen-bond acceptors (Lipinski definition) is 1. The van der Waals surface area contributed by atoms with Crippen LogP contribution in [-0.4, -0.2) is 11.2 Å². The lowest BCUT2D eigenvalue weighted by Gasteiger charge is -2.07. The fourth-order valence-electron chi connectivity index (χ4n) is 0.891. The van der Waals surface area contributed by atoms with Gasteiger partial charge in [0.05, 0.1) is 6.10 Å². The Morgan fingerprint density at radius 3 is 2.50 bits per heavy atom. The van der Waals surface area contributed by atoms with Gasteiger partial charge in [0, 0.05) is 0 Å². The molecule has 0 radical (unpaired) electrons. The minimum atomic E-state index is -0.110. The van der Waals surface area contributed by atoms with Crippen molar-refractivity contribution in [2.45, 2.75) is 45.6 Å². The van der Waals surface area contributed by atoms with E-state index in [-0.39, 0.29) is 6.10 Å². The summed E-state index contributed by atoms with van der Waals surface area (Å²) in [4.78, 5) is 0. The molecule has 1 N–H and O–H groups in total. The van der Waals surface area contributed by atoms with E-state index in [1.807, 2.05) is 6.92 Å². The van der Waals surface area contributed by atoms with Crippen LogP contribution in [0, 0.1) is 0 Å². The summed E-state index contributed by atoms with van der Waals surface area (Å²) in [6, 6.07) is 0. The molecular formula is C9H18O. The normalized spacial score (nSPS) is 13.1. The maximum atomic E-state index is 9.26. The Morgan fingerprint density at radius 1 is 1.50 bits per heavy atom. The maximum Gasteiger partial charge on any atom is 0.0543 e. The Bertz CT molecular complexity index is 96.9. The molecule has 0 aromatic rings. The molecule has 0 aliphatic heterocycles. The molecule has 0 aromatic heterocycles. The first-order valence-electron chi connectivity index (χ1n) is 3.99. The average molecular weight is 142 g/mol. The molecule has 0 saturated heterocycles. The van der Waals surface area contributed by atoms with E-state index >= 15 is 0 Å². The molecule has 1 nitrogen and oxygen atoms in total. The minimum Gasteiger partial charge on any atom is -0.393 e. The lowest BCUT2D eigenvalue weighted by Crippen LogP contribution is -2.04. The highest BCUT2D eigenvalue weighted by Crippen LogP contribution is 2.08. The number of aliphatic hydroxyl groups excluding tert-OH is 1. The van der Waals surface area contributed by atoms with Crippen LogP contribution in [0.1, 0.15) is 39.5 Å². The Labute approximate surface area is 63.8 Å². The van der Waals surface area contributed by atoms with E-state index in [9.17, 15) is 5.11 Å². The fourth-order valence-corrected chi connectivity index (χ4v) is 0.891. The molecular weight excluding hydrogens is 124 g/mol. The van der Waals surface area contributed by atoms with Gasteiger partial charge in [0.2, 0.25) is 0 Å². The summed E-state index contributed by atoms with van der Waals surface area (Å²) in [5.41, 5.74) is 1.16. The summed E-state index contributed by atoms with van der Waals surface area (Å²) >= 11 is 0. The van der Waals surface area contributed by atoms with E-state index in [1.165, 1.54) is 0 Å². The third-order valence-electron chi connectivity index (χ3n) is 1.53. The highest BCUT2D eigenvalue weighted by atomic mass is 16.3. The third-order valence-corrected chi connectivity index (χ3v) is 1.53. The smallest absolute Gasteiger partial charge is 0.0543 e. The zero-order chi connectivity index (χ0) is 7.98. The van der Waals surface area contributed by atoms with Crippen LogP contribution in [0.2, 0.25) is 0 Å². The maximum absolute atomic E-state index is 9.26. The van der Waals surface area contributed by atoms with Crippen LogP contribution in [0.3, 0.4) is 0 Å². The van der Waals surface area contributed by atoms with Gasteiger partial charge in [0.25, 0.3) is 0 Å². The third kappa shape index (κ3) is 5.83. The molecule has 0 aliphatic rings. The van der Waals surface area contributed by atoms with Gasteiger partial charge in [-0.3, -0.25) is 0 Å². The van der Waals surface area contributed by atoms with Crippen molar-refractivity contribution in [3.8, 4) is 0 Å². The predicted octanol–water partition coefficient (Wildman–Crippen LogP) is 2.50. The van der Waals surface area contributed by atoms with Crippen LogP contribution < -0.4 is 0 Å². The number of hydrogen-bond donors (Lipinski definition) is 1. The number of allylic oxidation sites excluding steroid dienone is 1. The van der Waals surface area contributed by atoms with Crippen molar-refractivity contribution in [3.63, 3.8) is 0 Å². The van der Waals surface area contributed by atoms with Crippen molar-refractivity contribution in [2.24, 2.45) is 0 Å². The molecule has 0 aromatic carbocycles. The molecule has 0 spiro atoms. The standard InChI is InChI=1S/C9H18O/c1-4-5-9(10)7-6-8(2)3/h9-10H,2,4-7H2,1,3H3. The van der Waals surface area contributed by atoms with E-state index in [2.05, 4.69) is 13.5 Å². The zero-order valence-corrected chi connectivity index (χ0v) is 7.06. The first kappa shape index (κ1) is 9.70. The molecule has 0 rings (SSSR count). The van der Waals surface area contributed by atoms with Gasteiger partial charge in [-0.2, -0.15) is 0 Å². The SMILES string of the molecule is C=C(C)CCC(O)CCC. The Hall–Kier alpha value is -0.300. The van der Waals surface area contributed by atoms with Crippen molar-refractivity contribution in [1.82, 2.24) is 0 Å². The van der Waals surface area contributed by atoms with E-state index in [0.29, 0.717) is 0 Å². The molecule has 0 heterocycles. The highest BCUT2D eigenvalue weighted by molar-refractivity contribution is 4.88. The molecule has 10 heavy (non-hydrogen) atoms. The van der Waals surface area contributed by atoms with Gasteiger partial charge in [-0.1, -0.05) is 18.9 Å². The average Bonchev–Trinajstić information content (AvgIpc) is 1.85. The van der Waals surface area contributed by atoms with E-state index in [4.69, 9.17) is 0 Å². The van der Waals surface area contributed by atoms with E-state index in [0.717, 1.165) is 31.3 Å². The summed E-state index contributed by atoms with van der Waals surface area (Å²) in [6.07, 6.45) is 3.72. The number of rotatable bonds is 5. The van der Waals surface area contributed by atoms with Gasteiger partial charge in [0.15, 0.2) is 0 Å². The molecule has 60 valence electrons. The number of aliphatic hydroxyl groups is 1. The zero-order valence-electron chi connectivity index (χ0n) is 7.06. The van der Waals surface area contributed by atoms with Gasteiger partial charge in [0.1, 0.15) is 0 Å². The lowest BCUT2D eigenvalue weighted by molar-refractivity contribution is 0.154. The molecule has 0 saturated carbocycles. The van der Waals surface area contributed by atoms with E-state index in [1.54, 1.807) is 0 Å². The van der Waals surface area contributed by atoms with Gasteiger partial charge in [-0.25, -0.2) is 0 Å². The van der Waals surface area contributed by atoms with Crippen molar-refractivity contribution in [3.05, 3.63) is 12.2 Å². The lowest BCUT2D eigenvalue weighted by atomic mass is 10.1. The van der Waals surface area contributed by atoms with Gasteiger partial charge in [-0.05, 0) is 26.2 Å². The Balaban J connectivity index is 3.21. The molecule has 0 bridgehead atoms. The molecule has 1 unspecified atom stereocenters. The summed E-state index contributed by atoms with van der Waals surface area (Å²) in [6.45, 7) is 7.86. The van der Waals surface area contributed by atoms with Gasteiger partial charge >= 0.3 is 0 Å². The topological polar surface area (TPSA) is 20.2 Å². The van der Waals surface area contributed by atoms with Crippen molar-refractivity contribution < 1.29 is 5.11 Å². The summed E-state index contributed by atoms with van der Waals surface area (Å²) in [5.74, 6) is 0. The van der Waals surface area contributed by atoms with Gasteiger partial charge in [-0.15, -0.1) is 6.58 Å². The first-order chi connectivity index (χ1) is 4.66. The van der Waals surface area contributed by atoms with Crippen LogP contribution in [0.25, 0.3) is 0 Å². The highest BCUT2D eigenvalue weighted by Gasteiger charge is 2.00. The van der Waals surface area contributed by atoms with Crippen LogP contribution in [0.15, 0.2) is 12.2 Å². The monoisotopic (exact) mass is 142 g/mol. The second-order valence-corrected chi connectivity index (χ2v) is 2.94. The molecule has 0 fully saturated rings. The van der Waals surface area contributed by atoms with Crippen LogP contribution in [-0.2, 0) is 0 Å². The van der Waals surface area contributed by atoms with Crippen molar-refractivity contribution in [2.75, 3.05) is 0 Å². The molecule has 1 atom stereocenters. The van der Waals surface area contributed by atoms with Gasteiger partial charge < -0.3 is 5.11 Å². The summed E-state index contributed by atoms with van der Waals surface area (Å²) < 4.78 is 0. The van der Waals surface area contributed by atoms with Crippen LogP contribution in [0.5, 0.6) is 0 Å². The van der Waals surface area contributed by atoms with E-state index < -0.39 is 0 Å². The second-order valence-electron chi connectivity index (χ2n) is 2.94. The summed E-state index contributed by atoms with van der Waals surface area (Å²) in [7, 11) is 0. The van der Waals surface area contributed by atoms with Crippen molar-refractivity contribution >= 4 is 0 Å². The fraction of sp³-hybridized carbons (Fsp3) is 0.778.